The monoisotopic (exact) mass is 280 g/mol. The molecule has 1 aromatic carbocycles. The summed E-state index contributed by atoms with van der Waals surface area (Å²) in [7, 11) is 0. The largest absolute Gasteiger partial charge is 0.299 e. The molecule has 20 heavy (non-hydrogen) atoms. The van der Waals surface area contributed by atoms with E-state index in [9.17, 15) is 13.6 Å². The number of rotatable bonds is 5. The second kappa shape index (κ2) is 6.96. The van der Waals surface area contributed by atoms with Gasteiger partial charge in [-0.25, -0.2) is 8.78 Å². The first-order valence-electron chi connectivity index (χ1n) is 7.56. The molecule has 1 saturated carbocycles. The molecule has 0 spiro atoms. The molecule has 1 nitrogen and oxygen atoms in total. The summed E-state index contributed by atoms with van der Waals surface area (Å²) in [5, 5.41) is 0. The molecule has 0 heterocycles. The zero-order chi connectivity index (χ0) is 14.5. The molecule has 110 valence electrons. The van der Waals surface area contributed by atoms with Crippen LogP contribution in [0.25, 0.3) is 0 Å². The molecule has 0 atom stereocenters. The van der Waals surface area contributed by atoms with Crippen LogP contribution in [-0.4, -0.2) is 5.78 Å². The van der Waals surface area contributed by atoms with E-state index in [1.165, 1.54) is 25.0 Å². The second-order valence-corrected chi connectivity index (χ2v) is 5.89. The third kappa shape index (κ3) is 3.87. The molecule has 3 heteroatoms. The Labute approximate surface area is 119 Å². The molecule has 1 aromatic rings. The Bertz CT molecular complexity index is 462. The van der Waals surface area contributed by atoms with Crippen molar-refractivity contribution in [3.05, 3.63) is 35.4 Å². The van der Waals surface area contributed by atoms with E-state index in [1.807, 2.05) is 0 Å². The van der Waals surface area contributed by atoms with Crippen LogP contribution in [0.3, 0.4) is 0 Å². The van der Waals surface area contributed by atoms with Gasteiger partial charge >= 0.3 is 0 Å². The first kappa shape index (κ1) is 15.1. The van der Waals surface area contributed by atoms with Gasteiger partial charge < -0.3 is 0 Å². The van der Waals surface area contributed by atoms with Crippen LogP contribution in [0.15, 0.2) is 18.2 Å². The number of carbonyl (C=O) groups excluding carboxylic acids is 1. The van der Waals surface area contributed by atoms with Gasteiger partial charge in [-0.15, -0.1) is 0 Å². The van der Waals surface area contributed by atoms with Gasteiger partial charge in [-0.3, -0.25) is 4.79 Å². The minimum Gasteiger partial charge on any atom is -0.299 e. The van der Waals surface area contributed by atoms with Crippen molar-refractivity contribution in [3.8, 4) is 0 Å². The lowest BCUT2D eigenvalue weighted by atomic mass is 9.77. The number of hydrogen-bond acceptors (Lipinski definition) is 1. The van der Waals surface area contributed by atoms with Gasteiger partial charge in [0, 0.05) is 18.4 Å². The normalized spacial score (nSPS) is 22.8. The molecule has 0 aromatic heterocycles. The van der Waals surface area contributed by atoms with Crippen molar-refractivity contribution < 1.29 is 13.6 Å². The lowest BCUT2D eigenvalue weighted by molar-refractivity contribution is -0.123. The van der Waals surface area contributed by atoms with Crippen molar-refractivity contribution in [2.24, 2.45) is 11.8 Å². The van der Waals surface area contributed by atoms with Crippen molar-refractivity contribution >= 4 is 5.78 Å². The summed E-state index contributed by atoms with van der Waals surface area (Å²) in [5.41, 5.74) is 0.312. The molecule has 0 N–H and O–H groups in total. The number of ketones is 1. The summed E-state index contributed by atoms with van der Waals surface area (Å²) < 4.78 is 26.4. The third-order valence-electron chi connectivity index (χ3n) is 4.38. The highest BCUT2D eigenvalue weighted by molar-refractivity contribution is 5.83. The number of benzene rings is 1. The van der Waals surface area contributed by atoms with Crippen LogP contribution in [0, 0.1) is 23.5 Å². The molecule has 1 aliphatic carbocycles. The predicted octanol–water partition coefficient (Wildman–Crippen LogP) is 4.68. The van der Waals surface area contributed by atoms with E-state index in [1.54, 1.807) is 0 Å². The summed E-state index contributed by atoms with van der Waals surface area (Å²) in [6, 6.07) is 3.44. The van der Waals surface area contributed by atoms with Crippen LogP contribution in [0.2, 0.25) is 0 Å². The Morgan fingerprint density at radius 1 is 1.20 bits per heavy atom. The maximum absolute atomic E-state index is 13.5. The van der Waals surface area contributed by atoms with Gasteiger partial charge in [-0.1, -0.05) is 25.8 Å². The smallest absolute Gasteiger partial charge is 0.140 e. The summed E-state index contributed by atoms with van der Waals surface area (Å²) in [5.74, 6) is -0.290. The molecule has 1 aliphatic rings. The maximum atomic E-state index is 13.5. The van der Waals surface area contributed by atoms with Gasteiger partial charge in [0.1, 0.15) is 17.4 Å². The summed E-state index contributed by atoms with van der Waals surface area (Å²) in [6.45, 7) is 2.19. The highest BCUT2D eigenvalue weighted by atomic mass is 19.1. The van der Waals surface area contributed by atoms with Crippen molar-refractivity contribution in [2.75, 3.05) is 0 Å². The molecule has 0 unspecified atom stereocenters. The molecule has 1 fully saturated rings. The molecule has 2 rings (SSSR count). The van der Waals surface area contributed by atoms with E-state index in [2.05, 4.69) is 6.92 Å². The minimum absolute atomic E-state index is 0.0626. The van der Waals surface area contributed by atoms with Gasteiger partial charge in [-0.05, 0) is 43.2 Å². The first-order valence-corrected chi connectivity index (χ1v) is 7.56. The van der Waals surface area contributed by atoms with E-state index in [0.29, 0.717) is 5.56 Å². The molecule has 0 radical (unpaired) electrons. The summed E-state index contributed by atoms with van der Waals surface area (Å²) in [4.78, 5) is 12.2. The lowest BCUT2D eigenvalue weighted by Gasteiger charge is -2.27. The topological polar surface area (TPSA) is 17.1 Å². The highest BCUT2D eigenvalue weighted by Gasteiger charge is 2.26. The number of hydrogen-bond donors (Lipinski definition) is 0. The zero-order valence-corrected chi connectivity index (χ0v) is 12.0. The number of carbonyl (C=O) groups is 1. The average molecular weight is 280 g/mol. The Morgan fingerprint density at radius 3 is 2.50 bits per heavy atom. The van der Waals surface area contributed by atoms with Crippen molar-refractivity contribution in [1.82, 2.24) is 0 Å². The number of Topliss-reactive ketones (excluding diaryl/α,β-unsaturated/α-hetero) is 1. The van der Waals surface area contributed by atoms with Crippen LogP contribution in [0.4, 0.5) is 8.78 Å². The number of halogens is 2. The Balaban J connectivity index is 1.89. The second-order valence-electron chi connectivity index (χ2n) is 5.89. The van der Waals surface area contributed by atoms with Gasteiger partial charge in [0.2, 0.25) is 0 Å². The van der Waals surface area contributed by atoms with E-state index < -0.39 is 11.6 Å². The molecular weight excluding hydrogens is 258 g/mol. The predicted molar refractivity (Wildman–Crippen MR) is 75.4 cm³/mol. The fourth-order valence-electron chi connectivity index (χ4n) is 3.18. The molecule has 0 amide bonds. The summed E-state index contributed by atoms with van der Waals surface area (Å²) >= 11 is 0. The minimum atomic E-state index is -0.613. The van der Waals surface area contributed by atoms with Gasteiger partial charge in [0.25, 0.3) is 0 Å². The summed E-state index contributed by atoms with van der Waals surface area (Å²) in [6.07, 6.45) is 6.59. The van der Waals surface area contributed by atoms with Crippen LogP contribution in [-0.2, 0) is 11.2 Å². The van der Waals surface area contributed by atoms with Crippen molar-refractivity contribution in [3.63, 3.8) is 0 Å². The van der Waals surface area contributed by atoms with Crippen LogP contribution in [0.5, 0.6) is 0 Å². The Hall–Kier alpha value is -1.25. The molecule has 0 aliphatic heterocycles. The molecule has 0 bridgehead atoms. The molecule has 0 saturated heterocycles. The van der Waals surface area contributed by atoms with E-state index in [-0.39, 0.29) is 18.1 Å². The average Bonchev–Trinajstić information content (AvgIpc) is 2.43. The fourth-order valence-corrected chi connectivity index (χ4v) is 3.18. The van der Waals surface area contributed by atoms with Crippen LogP contribution in [0.1, 0.15) is 51.0 Å². The van der Waals surface area contributed by atoms with Gasteiger partial charge in [-0.2, -0.15) is 0 Å². The van der Waals surface area contributed by atoms with Crippen molar-refractivity contribution in [2.45, 2.75) is 51.9 Å². The molecular formula is C17H22F2O. The maximum Gasteiger partial charge on any atom is 0.140 e. The zero-order valence-electron chi connectivity index (χ0n) is 12.0. The third-order valence-corrected chi connectivity index (χ3v) is 4.38. The Kier molecular flexibility index (Phi) is 5.27. The van der Waals surface area contributed by atoms with E-state index in [0.717, 1.165) is 37.7 Å². The fraction of sp³-hybridized carbons (Fsp3) is 0.588. The van der Waals surface area contributed by atoms with Crippen molar-refractivity contribution in [1.29, 1.82) is 0 Å². The van der Waals surface area contributed by atoms with E-state index >= 15 is 0 Å². The van der Waals surface area contributed by atoms with E-state index in [4.69, 9.17) is 0 Å². The SMILES string of the molecule is CCCC1CCC(C(=O)Cc2ccc(F)cc2F)CC1. The van der Waals surface area contributed by atoms with Crippen LogP contribution < -0.4 is 0 Å². The quantitative estimate of drug-likeness (QED) is 0.765. The van der Waals surface area contributed by atoms with Gasteiger partial charge in [0.05, 0.1) is 0 Å². The highest BCUT2D eigenvalue weighted by Crippen LogP contribution is 2.32. The lowest BCUT2D eigenvalue weighted by Crippen LogP contribution is -2.23. The van der Waals surface area contributed by atoms with Crippen LogP contribution >= 0.6 is 0 Å². The first-order chi connectivity index (χ1) is 9.60. The Morgan fingerprint density at radius 2 is 1.90 bits per heavy atom. The standard InChI is InChI=1S/C17H22F2O/c1-2-3-12-4-6-13(7-5-12)17(20)10-14-8-9-15(18)11-16(14)19/h8-9,11-13H,2-7,10H2,1H3. The van der Waals surface area contributed by atoms with Gasteiger partial charge in [0.15, 0.2) is 0 Å².